The van der Waals surface area contributed by atoms with Gasteiger partial charge in [0.2, 0.25) is 5.71 Å². The summed E-state index contributed by atoms with van der Waals surface area (Å²) in [6.45, 7) is 1.66. The first kappa shape index (κ1) is 17.6. The minimum absolute atomic E-state index is 0.0862. The summed E-state index contributed by atoms with van der Waals surface area (Å²) in [5.41, 5.74) is 2.67. The highest BCUT2D eigenvalue weighted by Gasteiger charge is 2.15. The average molecular weight is 318 g/mol. The van der Waals surface area contributed by atoms with Crippen LogP contribution < -0.4 is 10.7 Å². The number of carbonyl (C=O) groups excluding carboxylic acids is 3. The van der Waals surface area contributed by atoms with Crippen LogP contribution in [0.25, 0.3) is 0 Å². The number of hydrogen-bond acceptors (Lipinski definition) is 8. The van der Waals surface area contributed by atoms with Gasteiger partial charge in [0.05, 0.1) is 25.0 Å². The van der Waals surface area contributed by atoms with E-state index in [1.54, 1.807) is 13.0 Å². The van der Waals surface area contributed by atoms with Gasteiger partial charge in [-0.2, -0.15) is 10.4 Å². The van der Waals surface area contributed by atoms with Crippen molar-refractivity contribution in [3.05, 3.63) is 29.8 Å². The first-order valence-electron chi connectivity index (χ1n) is 6.42. The van der Waals surface area contributed by atoms with E-state index < -0.39 is 23.7 Å². The number of nitriles is 1. The maximum Gasteiger partial charge on any atom is 0.414 e. The lowest BCUT2D eigenvalue weighted by molar-refractivity contribution is -0.114. The molecule has 120 valence electrons. The second kappa shape index (κ2) is 8.78. The van der Waals surface area contributed by atoms with Gasteiger partial charge in [-0.25, -0.2) is 9.59 Å². The standard InChI is InChI=1S/C14H14N4O5/c1-3-23-14(21)16-12(19)11(8-15)18-17-10-6-4-9(5-7-10)13(20)22-2/h4-7,17H,3H2,1-2H3,(H,16,19,21). The number of rotatable bonds is 5. The lowest BCUT2D eigenvalue weighted by atomic mass is 10.2. The predicted molar refractivity (Wildman–Crippen MR) is 79.6 cm³/mol. The maximum absolute atomic E-state index is 11.6. The van der Waals surface area contributed by atoms with Crippen molar-refractivity contribution in [3.63, 3.8) is 0 Å². The number of imide groups is 1. The molecule has 0 aliphatic heterocycles. The number of esters is 1. The van der Waals surface area contributed by atoms with E-state index in [9.17, 15) is 14.4 Å². The Balaban J connectivity index is 2.73. The van der Waals surface area contributed by atoms with Gasteiger partial charge in [0.25, 0.3) is 5.91 Å². The Labute approximate surface area is 131 Å². The Kier molecular flexibility index (Phi) is 6.74. The molecule has 0 fully saturated rings. The molecule has 0 saturated carbocycles. The van der Waals surface area contributed by atoms with Crippen molar-refractivity contribution in [2.75, 3.05) is 19.1 Å². The molecule has 23 heavy (non-hydrogen) atoms. The molecule has 0 radical (unpaired) electrons. The highest BCUT2D eigenvalue weighted by atomic mass is 16.5. The summed E-state index contributed by atoms with van der Waals surface area (Å²) in [5.74, 6) is -1.49. The highest BCUT2D eigenvalue weighted by molar-refractivity contribution is 6.46. The molecule has 0 unspecified atom stereocenters. The van der Waals surface area contributed by atoms with Crippen LogP contribution >= 0.6 is 0 Å². The number of alkyl carbamates (subject to hydrolysis) is 1. The van der Waals surface area contributed by atoms with Gasteiger partial charge in [0, 0.05) is 0 Å². The fourth-order valence-electron chi connectivity index (χ4n) is 1.36. The van der Waals surface area contributed by atoms with Crippen molar-refractivity contribution in [1.29, 1.82) is 5.26 Å². The lowest BCUT2D eigenvalue weighted by Gasteiger charge is -2.04. The molecule has 9 heteroatoms. The summed E-state index contributed by atoms with van der Waals surface area (Å²) in [4.78, 5) is 34.0. The molecule has 0 atom stereocenters. The lowest BCUT2D eigenvalue weighted by Crippen LogP contribution is -2.36. The van der Waals surface area contributed by atoms with E-state index >= 15 is 0 Å². The first-order valence-corrected chi connectivity index (χ1v) is 6.42. The number of hydrogen-bond donors (Lipinski definition) is 2. The summed E-state index contributed by atoms with van der Waals surface area (Å²) in [5, 5.41) is 14.3. The number of nitrogens with zero attached hydrogens (tertiary/aromatic N) is 2. The van der Waals surface area contributed by atoms with Crippen LogP contribution in [0.2, 0.25) is 0 Å². The molecule has 0 saturated heterocycles. The third kappa shape index (κ3) is 5.47. The molecule has 0 bridgehead atoms. The third-order valence-corrected chi connectivity index (χ3v) is 2.41. The maximum atomic E-state index is 11.6. The molecule has 0 spiro atoms. The Bertz CT molecular complexity index is 661. The van der Waals surface area contributed by atoms with Crippen LogP contribution in [-0.2, 0) is 14.3 Å². The summed E-state index contributed by atoms with van der Waals surface area (Å²) < 4.78 is 9.07. The Morgan fingerprint density at radius 3 is 2.43 bits per heavy atom. The van der Waals surface area contributed by atoms with Crippen LogP contribution in [0, 0.1) is 11.3 Å². The van der Waals surface area contributed by atoms with Crippen molar-refractivity contribution >= 4 is 29.4 Å². The minimum atomic E-state index is -0.996. The molecule has 2 amide bonds. The molecule has 1 rings (SSSR count). The van der Waals surface area contributed by atoms with Crippen LogP contribution in [-0.4, -0.2) is 37.4 Å². The van der Waals surface area contributed by atoms with Crippen LogP contribution in [0.5, 0.6) is 0 Å². The van der Waals surface area contributed by atoms with E-state index in [4.69, 9.17) is 5.26 Å². The zero-order chi connectivity index (χ0) is 17.2. The monoisotopic (exact) mass is 318 g/mol. The van der Waals surface area contributed by atoms with Crippen molar-refractivity contribution < 1.29 is 23.9 Å². The van der Waals surface area contributed by atoms with E-state index in [0.29, 0.717) is 11.3 Å². The van der Waals surface area contributed by atoms with E-state index in [-0.39, 0.29) is 6.61 Å². The van der Waals surface area contributed by atoms with Crippen LogP contribution in [0.4, 0.5) is 10.5 Å². The molecule has 1 aromatic carbocycles. The smallest absolute Gasteiger partial charge is 0.414 e. The minimum Gasteiger partial charge on any atom is -0.465 e. The Hall–Kier alpha value is -3.41. The summed E-state index contributed by atoms with van der Waals surface area (Å²) in [7, 11) is 1.26. The van der Waals surface area contributed by atoms with Crippen LogP contribution in [0.15, 0.2) is 29.4 Å². The van der Waals surface area contributed by atoms with Crippen molar-refractivity contribution in [3.8, 4) is 6.07 Å². The zero-order valence-corrected chi connectivity index (χ0v) is 12.5. The molecule has 2 N–H and O–H groups in total. The van der Waals surface area contributed by atoms with E-state index in [2.05, 4.69) is 20.0 Å². The predicted octanol–water partition coefficient (Wildman–Crippen LogP) is 1.04. The number of carbonyl (C=O) groups is 3. The molecule has 9 nitrogen and oxygen atoms in total. The van der Waals surface area contributed by atoms with Gasteiger partial charge in [-0.3, -0.25) is 15.5 Å². The van der Waals surface area contributed by atoms with Gasteiger partial charge in [0.15, 0.2) is 0 Å². The first-order chi connectivity index (χ1) is 11.0. The summed E-state index contributed by atoms with van der Waals surface area (Å²) in [6, 6.07) is 7.53. The second-order valence-corrected chi connectivity index (χ2v) is 3.93. The average Bonchev–Trinajstić information content (AvgIpc) is 2.55. The van der Waals surface area contributed by atoms with Crippen molar-refractivity contribution in [2.24, 2.45) is 5.10 Å². The largest absolute Gasteiger partial charge is 0.465 e. The zero-order valence-electron chi connectivity index (χ0n) is 12.5. The molecule has 0 aliphatic rings. The number of anilines is 1. The van der Waals surface area contributed by atoms with E-state index in [1.807, 2.05) is 5.32 Å². The fourth-order valence-corrected chi connectivity index (χ4v) is 1.36. The van der Waals surface area contributed by atoms with Gasteiger partial charge in [-0.05, 0) is 31.2 Å². The second-order valence-electron chi connectivity index (χ2n) is 3.93. The molecule has 0 heterocycles. The Morgan fingerprint density at radius 2 is 1.91 bits per heavy atom. The number of amides is 2. The Morgan fingerprint density at radius 1 is 1.26 bits per heavy atom. The number of hydrazone groups is 1. The SMILES string of the molecule is CCOC(=O)NC(=O)C(C#N)=NNc1ccc(C(=O)OC)cc1. The normalized spacial score (nSPS) is 10.2. The molecule has 0 aromatic heterocycles. The van der Waals surface area contributed by atoms with Gasteiger partial charge >= 0.3 is 12.1 Å². The topological polar surface area (TPSA) is 130 Å². The van der Waals surface area contributed by atoms with Gasteiger partial charge < -0.3 is 9.47 Å². The fraction of sp³-hybridized carbons (Fsp3) is 0.214. The number of benzene rings is 1. The molecule has 1 aromatic rings. The number of ether oxygens (including phenoxy) is 2. The summed E-state index contributed by atoms with van der Waals surface area (Å²) in [6.07, 6.45) is -0.970. The van der Waals surface area contributed by atoms with Gasteiger partial charge in [-0.1, -0.05) is 0 Å². The van der Waals surface area contributed by atoms with Gasteiger partial charge in [0.1, 0.15) is 6.07 Å². The van der Waals surface area contributed by atoms with E-state index in [1.165, 1.54) is 31.4 Å². The van der Waals surface area contributed by atoms with Crippen LogP contribution in [0.3, 0.4) is 0 Å². The molecular formula is C14H14N4O5. The van der Waals surface area contributed by atoms with Gasteiger partial charge in [-0.15, -0.1) is 0 Å². The highest BCUT2D eigenvalue weighted by Crippen LogP contribution is 2.10. The molecular weight excluding hydrogens is 304 g/mol. The molecule has 0 aliphatic carbocycles. The van der Waals surface area contributed by atoms with Crippen LogP contribution in [0.1, 0.15) is 17.3 Å². The summed E-state index contributed by atoms with van der Waals surface area (Å²) >= 11 is 0. The number of methoxy groups -OCH3 is 1. The number of nitrogens with one attached hydrogen (secondary N) is 2. The van der Waals surface area contributed by atoms with Crippen molar-refractivity contribution in [1.82, 2.24) is 5.32 Å². The van der Waals surface area contributed by atoms with Crippen molar-refractivity contribution in [2.45, 2.75) is 6.92 Å². The van der Waals surface area contributed by atoms with E-state index in [0.717, 1.165) is 0 Å². The third-order valence-electron chi connectivity index (χ3n) is 2.41. The quantitative estimate of drug-likeness (QED) is 0.471.